The largest absolute Gasteiger partial charge is 0.478 e. The maximum absolute atomic E-state index is 13.2. The van der Waals surface area contributed by atoms with E-state index in [1.807, 2.05) is 30.3 Å². The summed E-state index contributed by atoms with van der Waals surface area (Å²) in [6.07, 6.45) is 0. The molecular weight excluding hydrogens is 690 g/mol. The van der Waals surface area contributed by atoms with Gasteiger partial charge < -0.3 is 20.5 Å². The number of amides is 2. The van der Waals surface area contributed by atoms with E-state index in [0.717, 1.165) is 5.56 Å². The van der Waals surface area contributed by atoms with Crippen molar-refractivity contribution in [1.29, 1.82) is 0 Å². The lowest BCUT2D eigenvalue weighted by Crippen LogP contribution is -2.23. The topological polar surface area (TPSA) is 122 Å². The molecule has 1 unspecified atom stereocenters. The summed E-state index contributed by atoms with van der Waals surface area (Å²) in [6.45, 7) is 3.58. The fourth-order valence-electron chi connectivity index (χ4n) is 4.04. The Hall–Kier alpha value is -3.25. The molecule has 1 heterocycles. The molecule has 0 aliphatic carbocycles. The van der Waals surface area contributed by atoms with Crippen LogP contribution in [0.5, 0.6) is 0 Å². The number of carboxylic acid groups (broad SMARTS) is 1. The minimum absolute atomic E-state index is 0.178. The number of halogens is 4. The molecule has 0 saturated heterocycles. The molecule has 0 saturated carbocycles. The Morgan fingerprint density at radius 3 is 2.18 bits per heavy atom. The number of esters is 1. The number of hydrogen-bond donors (Lipinski definition) is 3. The average Bonchev–Trinajstić information content (AvgIpc) is 3.41. The molecule has 14 heteroatoms. The van der Waals surface area contributed by atoms with Crippen LogP contribution in [0.3, 0.4) is 0 Å². The van der Waals surface area contributed by atoms with Crippen molar-refractivity contribution in [3.63, 3.8) is 0 Å². The molecule has 44 heavy (non-hydrogen) atoms. The van der Waals surface area contributed by atoms with Crippen molar-refractivity contribution in [2.45, 2.75) is 24.0 Å². The van der Waals surface area contributed by atoms with Crippen LogP contribution in [0.4, 0.5) is 10.7 Å². The highest BCUT2D eigenvalue weighted by Gasteiger charge is 2.29. The Labute approximate surface area is 280 Å². The number of aromatic carboxylic acids is 1. The van der Waals surface area contributed by atoms with Gasteiger partial charge in [-0.3, -0.25) is 9.59 Å². The molecule has 0 spiro atoms. The van der Waals surface area contributed by atoms with Gasteiger partial charge in [0.15, 0.2) is 0 Å². The fraction of sp³-hybridized carbons (Fsp3) is 0.133. The minimum Gasteiger partial charge on any atom is -0.478 e. The first-order chi connectivity index (χ1) is 20.9. The molecule has 1 atom stereocenters. The molecule has 4 rings (SSSR count). The van der Waals surface area contributed by atoms with Crippen LogP contribution in [-0.4, -0.2) is 40.7 Å². The van der Waals surface area contributed by atoms with E-state index in [-0.39, 0.29) is 38.8 Å². The first-order valence-electron chi connectivity index (χ1n) is 12.8. The van der Waals surface area contributed by atoms with Gasteiger partial charge >= 0.3 is 11.9 Å². The summed E-state index contributed by atoms with van der Waals surface area (Å²) >= 11 is 26.7. The zero-order valence-electron chi connectivity index (χ0n) is 22.9. The van der Waals surface area contributed by atoms with Crippen LogP contribution in [0.25, 0.3) is 11.1 Å². The van der Waals surface area contributed by atoms with Gasteiger partial charge in [-0.1, -0.05) is 82.8 Å². The molecule has 228 valence electrons. The molecule has 0 bridgehead atoms. The SMILES string of the molecule is CCOC(=O)c1c(-c2ccccc2)csc1NC(=O)C(C)Sc1cccc(NC(=O)c2c(Cl)c(Cl)c(Cl)c(Cl)c2C(=O)O)c1. The second-order valence-electron chi connectivity index (χ2n) is 8.98. The van der Waals surface area contributed by atoms with Crippen LogP contribution in [0, 0.1) is 0 Å². The fourth-order valence-corrected chi connectivity index (χ4v) is 6.95. The van der Waals surface area contributed by atoms with Crippen LogP contribution in [0.15, 0.2) is 64.9 Å². The highest BCUT2D eigenvalue weighted by molar-refractivity contribution is 8.00. The first-order valence-corrected chi connectivity index (χ1v) is 16.0. The predicted molar refractivity (Wildman–Crippen MR) is 177 cm³/mol. The molecule has 0 aliphatic heterocycles. The molecule has 0 radical (unpaired) electrons. The van der Waals surface area contributed by atoms with Crippen LogP contribution >= 0.6 is 69.5 Å². The number of carbonyl (C=O) groups is 4. The number of nitrogens with one attached hydrogen (secondary N) is 2. The number of ether oxygens (including phenoxy) is 1. The third kappa shape index (κ3) is 7.34. The molecule has 0 aliphatic rings. The number of benzene rings is 3. The number of hydrogen-bond acceptors (Lipinski definition) is 7. The molecule has 3 aromatic carbocycles. The molecular formula is C30H22Cl4N2O6S2. The van der Waals surface area contributed by atoms with Crippen LogP contribution in [0.1, 0.15) is 44.9 Å². The molecule has 2 amide bonds. The van der Waals surface area contributed by atoms with Crippen molar-refractivity contribution in [2.75, 3.05) is 17.2 Å². The summed E-state index contributed by atoms with van der Waals surface area (Å²) in [6, 6.07) is 15.9. The molecule has 3 N–H and O–H groups in total. The van der Waals surface area contributed by atoms with E-state index >= 15 is 0 Å². The van der Waals surface area contributed by atoms with Crippen molar-refractivity contribution in [3.8, 4) is 11.1 Å². The number of thiophene rings is 1. The predicted octanol–water partition coefficient (Wildman–Crippen LogP) is 9.28. The van der Waals surface area contributed by atoms with E-state index < -0.39 is 39.2 Å². The van der Waals surface area contributed by atoms with E-state index in [1.165, 1.54) is 23.1 Å². The number of rotatable bonds is 10. The molecule has 0 fully saturated rings. The molecule has 1 aromatic heterocycles. The Balaban J connectivity index is 1.52. The smallest absolute Gasteiger partial charge is 0.341 e. The lowest BCUT2D eigenvalue weighted by molar-refractivity contribution is -0.115. The zero-order chi connectivity index (χ0) is 32.1. The molecule has 4 aromatic rings. The van der Waals surface area contributed by atoms with Gasteiger partial charge in [-0.05, 0) is 37.6 Å². The number of thioether (sulfide) groups is 1. The Morgan fingerprint density at radius 1 is 0.886 bits per heavy atom. The maximum Gasteiger partial charge on any atom is 0.341 e. The minimum atomic E-state index is -1.52. The summed E-state index contributed by atoms with van der Waals surface area (Å²) in [5.41, 5.74) is 0.992. The third-order valence-corrected chi connectivity index (χ3v) is 9.87. The van der Waals surface area contributed by atoms with Crippen LogP contribution in [-0.2, 0) is 9.53 Å². The van der Waals surface area contributed by atoms with Crippen molar-refractivity contribution in [3.05, 3.63) is 96.8 Å². The van der Waals surface area contributed by atoms with E-state index in [2.05, 4.69) is 10.6 Å². The number of carboxylic acids is 1. The van der Waals surface area contributed by atoms with Crippen LogP contribution in [0.2, 0.25) is 20.1 Å². The zero-order valence-corrected chi connectivity index (χ0v) is 27.5. The second kappa shape index (κ2) is 14.7. The Morgan fingerprint density at radius 2 is 1.55 bits per heavy atom. The van der Waals surface area contributed by atoms with E-state index in [4.69, 9.17) is 51.1 Å². The van der Waals surface area contributed by atoms with Crippen molar-refractivity contribution < 1.29 is 29.0 Å². The lowest BCUT2D eigenvalue weighted by Gasteiger charge is -2.15. The van der Waals surface area contributed by atoms with Crippen LogP contribution < -0.4 is 10.6 Å². The average molecular weight is 712 g/mol. The van der Waals surface area contributed by atoms with Crippen molar-refractivity contribution in [2.24, 2.45) is 0 Å². The Kier molecular flexibility index (Phi) is 11.2. The highest BCUT2D eigenvalue weighted by atomic mass is 35.5. The van der Waals surface area contributed by atoms with Gasteiger partial charge in [0.05, 0.1) is 43.1 Å². The summed E-state index contributed by atoms with van der Waals surface area (Å²) in [5.74, 6) is -3.29. The summed E-state index contributed by atoms with van der Waals surface area (Å²) in [4.78, 5) is 51.7. The quantitative estimate of drug-likeness (QED) is 0.0649. The van der Waals surface area contributed by atoms with E-state index in [0.29, 0.717) is 15.5 Å². The van der Waals surface area contributed by atoms with Gasteiger partial charge in [0.25, 0.3) is 5.91 Å². The lowest BCUT2D eigenvalue weighted by atomic mass is 10.0. The number of anilines is 2. The summed E-state index contributed by atoms with van der Waals surface area (Å²) in [7, 11) is 0. The summed E-state index contributed by atoms with van der Waals surface area (Å²) < 4.78 is 5.26. The normalized spacial score (nSPS) is 11.5. The summed E-state index contributed by atoms with van der Waals surface area (Å²) in [5, 5.41) is 15.3. The monoisotopic (exact) mass is 710 g/mol. The van der Waals surface area contributed by atoms with Gasteiger partial charge in [-0.15, -0.1) is 23.1 Å². The van der Waals surface area contributed by atoms with Gasteiger partial charge in [0.2, 0.25) is 5.91 Å². The van der Waals surface area contributed by atoms with E-state index in [9.17, 15) is 24.3 Å². The van der Waals surface area contributed by atoms with E-state index in [1.54, 1.807) is 43.5 Å². The van der Waals surface area contributed by atoms with Gasteiger partial charge in [-0.25, -0.2) is 9.59 Å². The third-order valence-electron chi connectivity index (χ3n) is 6.07. The standard InChI is InChI=1S/C30H22Cl4N2O6S2/c1-3-42-30(41)19-18(15-8-5-4-6-9-15)13-43-28(19)36-26(37)14(2)44-17-11-7-10-16(12-17)35-27(38)20-21(29(39)40)23(32)25(34)24(33)22(20)31/h4-14H,3H2,1-2H3,(H,35,38)(H,36,37)(H,39,40). The number of carbonyl (C=O) groups excluding carboxylic acids is 3. The maximum atomic E-state index is 13.2. The second-order valence-corrected chi connectivity index (χ2v) is 12.8. The first kappa shape index (κ1) is 33.6. The Bertz CT molecular complexity index is 1760. The highest BCUT2D eigenvalue weighted by Crippen LogP contribution is 2.42. The van der Waals surface area contributed by atoms with Crippen molar-refractivity contribution >= 4 is 104 Å². The molecule has 8 nitrogen and oxygen atoms in total. The van der Waals surface area contributed by atoms with Gasteiger partial charge in [-0.2, -0.15) is 0 Å². The van der Waals surface area contributed by atoms with Gasteiger partial charge in [0, 0.05) is 21.5 Å². The van der Waals surface area contributed by atoms with Crippen molar-refractivity contribution in [1.82, 2.24) is 0 Å². The van der Waals surface area contributed by atoms with Gasteiger partial charge in [0.1, 0.15) is 10.6 Å².